The van der Waals surface area contributed by atoms with Crippen LogP contribution in [-0.4, -0.2) is 16.1 Å². The molecule has 2 N–H and O–H groups in total. The molecule has 0 atom stereocenters. The van der Waals surface area contributed by atoms with Crippen LogP contribution in [0, 0.1) is 0 Å². The predicted octanol–water partition coefficient (Wildman–Crippen LogP) is 2.27. The number of aromatic nitrogens is 2. The summed E-state index contributed by atoms with van der Waals surface area (Å²) in [6, 6.07) is 7.97. The van der Waals surface area contributed by atoms with E-state index in [1.165, 1.54) is 12.8 Å². The minimum atomic E-state index is 0.294. The van der Waals surface area contributed by atoms with Crippen LogP contribution in [0.5, 0.6) is 5.75 Å². The van der Waals surface area contributed by atoms with Gasteiger partial charge in [0.15, 0.2) is 0 Å². The predicted molar refractivity (Wildman–Crippen MR) is 65.5 cm³/mol. The van der Waals surface area contributed by atoms with Gasteiger partial charge in [0.2, 0.25) is 5.95 Å². The fourth-order valence-corrected chi connectivity index (χ4v) is 1.59. The molecular formula is C13H13N3O. The zero-order chi connectivity index (χ0) is 11.7. The maximum absolute atomic E-state index is 5.68. The highest BCUT2D eigenvalue weighted by Crippen LogP contribution is 2.28. The molecule has 2 aromatic rings. The first-order valence-electron chi connectivity index (χ1n) is 5.66. The van der Waals surface area contributed by atoms with E-state index in [1.54, 1.807) is 12.4 Å². The Morgan fingerprint density at radius 1 is 1.00 bits per heavy atom. The third kappa shape index (κ3) is 2.36. The van der Waals surface area contributed by atoms with Crippen LogP contribution in [0.25, 0.3) is 11.1 Å². The van der Waals surface area contributed by atoms with Gasteiger partial charge in [0.1, 0.15) is 5.75 Å². The van der Waals surface area contributed by atoms with Crippen molar-refractivity contribution in [3.05, 3.63) is 36.7 Å². The van der Waals surface area contributed by atoms with Crippen molar-refractivity contribution in [2.45, 2.75) is 18.9 Å². The van der Waals surface area contributed by atoms with Crippen molar-refractivity contribution < 1.29 is 4.74 Å². The number of rotatable bonds is 3. The Bertz CT molecular complexity index is 503. The molecule has 17 heavy (non-hydrogen) atoms. The fraction of sp³-hybridized carbons (Fsp3) is 0.231. The van der Waals surface area contributed by atoms with Crippen LogP contribution in [0.3, 0.4) is 0 Å². The van der Waals surface area contributed by atoms with Gasteiger partial charge in [-0.05, 0) is 30.5 Å². The summed E-state index contributed by atoms with van der Waals surface area (Å²) in [6.07, 6.45) is 6.22. The van der Waals surface area contributed by atoms with Gasteiger partial charge in [0.05, 0.1) is 6.10 Å². The zero-order valence-corrected chi connectivity index (χ0v) is 9.34. The minimum Gasteiger partial charge on any atom is -0.490 e. The van der Waals surface area contributed by atoms with Crippen molar-refractivity contribution in [2.75, 3.05) is 5.73 Å². The molecule has 3 rings (SSSR count). The largest absolute Gasteiger partial charge is 0.490 e. The lowest BCUT2D eigenvalue weighted by Gasteiger charge is -2.05. The Hall–Kier alpha value is -2.10. The summed E-state index contributed by atoms with van der Waals surface area (Å²) in [7, 11) is 0. The normalized spacial score (nSPS) is 14.6. The lowest BCUT2D eigenvalue weighted by Crippen LogP contribution is -1.95. The summed E-state index contributed by atoms with van der Waals surface area (Å²) in [5, 5.41) is 0. The van der Waals surface area contributed by atoms with Gasteiger partial charge in [-0.15, -0.1) is 0 Å². The molecule has 0 aliphatic heterocycles. The first-order valence-corrected chi connectivity index (χ1v) is 5.66. The smallest absolute Gasteiger partial charge is 0.219 e. The average Bonchev–Trinajstić information content (AvgIpc) is 3.15. The average molecular weight is 227 g/mol. The standard InChI is InChI=1S/C13H13N3O/c14-13-15-7-10(8-16-13)9-1-3-11(4-2-9)17-12-5-6-12/h1-4,7-8,12H,5-6H2,(H2,14,15,16). The highest BCUT2D eigenvalue weighted by molar-refractivity contribution is 5.62. The Labute approximate surface area is 99.5 Å². The molecule has 0 saturated heterocycles. The minimum absolute atomic E-state index is 0.294. The number of benzene rings is 1. The summed E-state index contributed by atoms with van der Waals surface area (Å²) < 4.78 is 5.68. The van der Waals surface area contributed by atoms with Crippen LogP contribution < -0.4 is 10.5 Å². The van der Waals surface area contributed by atoms with Crippen LogP contribution in [0.4, 0.5) is 5.95 Å². The maximum Gasteiger partial charge on any atom is 0.219 e. The number of hydrogen-bond acceptors (Lipinski definition) is 4. The summed E-state index contributed by atoms with van der Waals surface area (Å²) in [4.78, 5) is 7.94. The van der Waals surface area contributed by atoms with Crippen molar-refractivity contribution in [1.29, 1.82) is 0 Å². The first-order chi connectivity index (χ1) is 8.31. The molecule has 1 aliphatic carbocycles. The molecule has 1 aromatic heterocycles. The van der Waals surface area contributed by atoms with Crippen LogP contribution in [0.1, 0.15) is 12.8 Å². The summed E-state index contributed by atoms with van der Waals surface area (Å²) >= 11 is 0. The van der Waals surface area contributed by atoms with Crippen LogP contribution in [0.2, 0.25) is 0 Å². The third-order valence-electron chi connectivity index (χ3n) is 2.69. The lowest BCUT2D eigenvalue weighted by atomic mass is 10.1. The topological polar surface area (TPSA) is 61.0 Å². The van der Waals surface area contributed by atoms with E-state index in [9.17, 15) is 0 Å². The fourth-order valence-electron chi connectivity index (χ4n) is 1.59. The van der Waals surface area contributed by atoms with Crippen molar-refractivity contribution in [3.63, 3.8) is 0 Å². The van der Waals surface area contributed by atoms with Gasteiger partial charge in [0, 0.05) is 18.0 Å². The number of nitrogens with two attached hydrogens (primary N) is 1. The SMILES string of the molecule is Nc1ncc(-c2ccc(OC3CC3)cc2)cn1. The second-order valence-electron chi connectivity index (χ2n) is 4.17. The van der Waals surface area contributed by atoms with Gasteiger partial charge >= 0.3 is 0 Å². The molecule has 0 radical (unpaired) electrons. The van der Waals surface area contributed by atoms with E-state index < -0.39 is 0 Å². The Morgan fingerprint density at radius 3 is 2.24 bits per heavy atom. The molecule has 1 saturated carbocycles. The highest BCUT2D eigenvalue weighted by Gasteiger charge is 2.23. The van der Waals surface area contributed by atoms with Crippen molar-refractivity contribution in [1.82, 2.24) is 9.97 Å². The molecule has 1 aliphatic rings. The molecule has 86 valence electrons. The van der Waals surface area contributed by atoms with Gasteiger partial charge < -0.3 is 10.5 Å². The molecule has 4 heteroatoms. The van der Waals surface area contributed by atoms with Gasteiger partial charge in [-0.3, -0.25) is 0 Å². The van der Waals surface area contributed by atoms with Gasteiger partial charge in [-0.1, -0.05) is 12.1 Å². The van der Waals surface area contributed by atoms with E-state index in [0.29, 0.717) is 12.1 Å². The Balaban J connectivity index is 1.80. The zero-order valence-electron chi connectivity index (χ0n) is 9.34. The number of nitrogen functional groups attached to an aromatic ring is 1. The molecule has 1 heterocycles. The maximum atomic E-state index is 5.68. The molecule has 0 bridgehead atoms. The van der Waals surface area contributed by atoms with Gasteiger partial charge in [-0.2, -0.15) is 0 Å². The van der Waals surface area contributed by atoms with Crippen molar-refractivity contribution in [2.24, 2.45) is 0 Å². The highest BCUT2D eigenvalue weighted by atomic mass is 16.5. The molecule has 0 spiro atoms. The van der Waals surface area contributed by atoms with E-state index in [0.717, 1.165) is 16.9 Å². The van der Waals surface area contributed by atoms with Crippen molar-refractivity contribution >= 4 is 5.95 Å². The van der Waals surface area contributed by atoms with Gasteiger partial charge in [0.25, 0.3) is 0 Å². The van der Waals surface area contributed by atoms with E-state index in [4.69, 9.17) is 10.5 Å². The van der Waals surface area contributed by atoms with E-state index in [-0.39, 0.29) is 0 Å². The monoisotopic (exact) mass is 227 g/mol. The Kier molecular flexibility index (Phi) is 2.40. The summed E-state index contributed by atoms with van der Waals surface area (Å²) in [5.41, 5.74) is 7.47. The lowest BCUT2D eigenvalue weighted by molar-refractivity contribution is 0.303. The number of nitrogens with zero attached hydrogens (tertiary/aromatic N) is 2. The summed E-state index contributed by atoms with van der Waals surface area (Å²) in [5.74, 6) is 1.22. The molecule has 4 nitrogen and oxygen atoms in total. The molecule has 1 fully saturated rings. The van der Waals surface area contributed by atoms with E-state index in [2.05, 4.69) is 9.97 Å². The second-order valence-corrected chi connectivity index (χ2v) is 4.17. The first kappa shape index (κ1) is 10.1. The van der Waals surface area contributed by atoms with Crippen LogP contribution in [0.15, 0.2) is 36.7 Å². The molecule has 0 unspecified atom stereocenters. The number of hydrogen-bond donors (Lipinski definition) is 1. The summed E-state index contributed by atoms with van der Waals surface area (Å²) in [6.45, 7) is 0. The van der Waals surface area contributed by atoms with E-state index in [1.807, 2.05) is 24.3 Å². The third-order valence-corrected chi connectivity index (χ3v) is 2.69. The number of ether oxygens (including phenoxy) is 1. The van der Waals surface area contributed by atoms with Crippen LogP contribution in [-0.2, 0) is 0 Å². The van der Waals surface area contributed by atoms with Gasteiger partial charge in [-0.25, -0.2) is 9.97 Å². The quantitative estimate of drug-likeness (QED) is 0.873. The Morgan fingerprint density at radius 2 is 1.65 bits per heavy atom. The second kappa shape index (κ2) is 4.05. The number of anilines is 1. The van der Waals surface area contributed by atoms with Crippen molar-refractivity contribution in [3.8, 4) is 16.9 Å². The molecular weight excluding hydrogens is 214 g/mol. The molecule has 0 amide bonds. The molecule has 1 aromatic carbocycles. The van der Waals surface area contributed by atoms with E-state index >= 15 is 0 Å². The van der Waals surface area contributed by atoms with Crippen LogP contribution >= 0.6 is 0 Å².